The molecular formula is C16H21N3. The third kappa shape index (κ3) is 2.75. The van der Waals surface area contributed by atoms with Crippen LogP contribution in [0.4, 0.5) is 5.82 Å². The molecule has 0 unspecified atom stereocenters. The maximum absolute atomic E-state index is 6.02. The third-order valence-electron chi connectivity index (χ3n) is 3.33. The number of rotatable bonds is 3. The minimum atomic E-state index is 0.274. The zero-order valence-electron chi connectivity index (χ0n) is 12.1. The summed E-state index contributed by atoms with van der Waals surface area (Å²) in [6, 6.07) is 8.46. The molecule has 100 valence electrons. The standard InChI is InChI=1S/C16H21N3/c1-5-12-7-6-8-13(9-12)14-11(4)15(17)19-16(18-14)10(2)3/h6-10H,5H2,1-4H3,(H2,17,18,19). The molecule has 2 N–H and O–H groups in total. The van der Waals surface area contributed by atoms with Crippen LogP contribution in [0.25, 0.3) is 11.3 Å². The summed E-state index contributed by atoms with van der Waals surface area (Å²) in [7, 11) is 0. The molecule has 1 heterocycles. The Hall–Kier alpha value is -1.90. The Morgan fingerprint density at radius 2 is 1.95 bits per heavy atom. The van der Waals surface area contributed by atoms with Crippen LogP contribution < -0.4 is 5.73 Å². The molecule has 0 atom stereocenters. The Balaban J connectivity index is 2.60. The van der Waals surface area contributed by atoms with E-state index in [0.717, 1.165) is 29.1 Å². The Bertz CT molecular complexity index is 589. The van der Waals surface area contributed by atoms with E-state index >= 15 is 0 Å². The number of hydrogen-bond donors (Lipinski definition) is 1. The van der Waals surface area contributed by atoms with Crippen LogP contribution in [0, 0.1) is 6.92 Å². The summed E-state index contributed by atoms with van der Waals surface area (Å²) < 4.78 is 0. The highest BCUT2D eigenvalue weighted by Gasteiger charge is 2.12. The Labute approximate surface area is 114 Å². The Kier molecular flexibility index (Phi) is 3.84. The number of anilines is 1. The Morgan fingerprint density at radius 3 is 2.58 bits per heavy atom. The van der Waals surface area contributed by atoms with E-state index in [9.17, 15) is 0 Å². The van der Waals surface area contributed by atoms with Crippen molar-refractivity contribution in [2.75, 3.05) is 5.73 Å². The molecule has 2 rings (SSSR count). The van der Waals surface area contributed by atoms with Crippen LogP contribution in [-0.2, 0) is 6.42 Å². The van der Waals surface area contributed by atoms with Gasteiger partial charge in [0.05, 0.1) is 5.69 Å². The van der Waals surface area contributed by atoms with Crippen LogP contribution in [0.5, 0.6) is 0 Å². The molecule has 0 aliphatic heterocycles. The van der Waals surface area contributed by atoms with E-state index in [0.29, 0.717) is 5.82 Å². The van der Waals surface area contributed by atoms with Gasteiger partial charge in [0.15, 0.2) is 0 Å². The minimum absolute atomic E-state index is 0.274. The van der Waals surface area contributed by atoms with E-state index in [2.05, 4.69) is 55.0 Å². The van der Waals surface area contributed by atoms with Crippen LogP contribution in [0.15, 0.2) is 24.3 Å². The fourth-order valence-corrected chi connectivity index (χ4v) is 2.03. The predicted molar refractivity (Wildman–Crippen MR) is 80.1 cm³/mol. The van der Waals surface area contributed by atoms with E-state index in [4.69, 9.17) is 5.73 Å². The van der Waals surface area contributed by atoms with Crippen molar-refractivity contribution in [3.8, 4) is 11.3 Å². The molecule has 0 amide bonds. The van der Waals surface area contributed by atoms with Crippen molar-refractivity contribution >= 4 is 5.82 Å². The molecule has 2 aromatic rings. The second-order valence-corrected chi connectivity index (χ2v) is 5.15. The summed E-state index contributed by atoms with van der Waals surface area (Å²) in [5.74, 6) is 1.66. The van der Waals surface area contributed by atoms with Gasteiger partial charge in [0.1, 0.15) is 11.6 Å². The van der Waals surface area contributed by atoms with Crippen molar-refractivity contribution in [3.05, 3.63) is 41.2 Å². The van der Waals surface area contributed by atoms with E-state index in [1.807, 2.05) is 6.92 Å². The van der Waals surface area contributed by atoms with Crippen LogP contribution in [-0.4, -0.2) is 9.97 Å². The molecule has 0 aliphatic carbocycles. The lowest BCUT2D eigenvalue weighted by Gasteiger charge is -2.12. The molecule has 0 spiro atoms. The number of hydrogen-bond acceptors (Lipinski definition) is 3. The highest BCUT2D eigenvalue weighted by Crippen LogP contribution is 2.27. The molecule has 0 bridgehead atoms. The van der Waals surface area contributed by atoms with Crippen molar-refractivity contribution in [1.82, 2.24) is 9.97 Å². The smallest absolute Gasteiger partial charge is 0.133 e. The zero-order valence-corrected chi connectivity index (χ0v) is 12.1. The predicted octanol–water partition coefficient (Wildman–Crippen LogP) is 3.72. The molecule has 19 heavy (non-hydrogen) atoms. The lowest BCUT2D eigenvalue weighted by atomic mass is 10.0. The lowest BCUT2D eigenvalue weighted by Crippen LogP contribution is -2.06. The van der Waals surface area contributed by atoms with Gasteiger partial charge in [-0.25, -0.2) is 9.97 Å². The summed E-state index contributed by atoms with van der Waals surface area (Å²) in [5.41, 5.74) is 10.3. The lowest BCUT2D eigenvalue weighted by molar-refractivity contribution is 0.776. The Morgan fingerprint density at radius 1 is 1.21 bits per heavy atom. The molecule has 1 aromatic carbocycles. The number of aryl methyl sites for hydroxylation is 1. The van der Waals surface area contributed by atoms with Crippen molar-refractivity contribution in [2.45, 2.75) is 40.0 Å². The molecule has 0 saturated heterocycles. The summed E-state index contributed by atoms with van der Waals surface area (Å²) in [5, 5.41) is 0. The van der Waals surface area contributed by atoms with Crippen LogP contribution in [0.3, 0.4) is 0 Å². The highest BCUT2D eigenvalue weighted by molar-refractivity contribution is 5.67. The number of nitrogens with zero attached hydrogens (tertiary/aromatic N) is 2. The first-order valence-corrected chi connectivity index (χ1v) is 6.76. The zero-order chi connectivity index (χ0) is 14.0. The van der Waals surface area contributed by atoms with Gasteiger partial charge in [-0.2, -0.15) is 0 Å². The van der Waals surface area contributed by atoms with Gasteiger partial charge in [0.2, 0.25) is 0 Å². The summed E-state index contributed by atoms with van der Waals surface area (Å²) >= 11 is 0. The normalized spacial score (nSPS) is 11.0. The fraction of sp³-hybridized carbons (Fsp3) is 0.375. The maximum Gasteiger partial charge on any atom is 0.133 e. The average molecular weight is 255 g/mol. The fourth-order valence-electron chi connectivity index (χ4n) is 2.03. The van der Waals surface area contributed by atoms with E-state index in [1.54, 1.807) is 0 Å². The van der Waals surface area contributed by atoms with Crippen molar-refractivity contribution in [2.24, 2.45) is 0 Å². The second-order valence-electron chi connectivity index (χ2n) is 5.15. The van der Waals surface area contributed by atoms with Gasteiger partial charge in [-0.15, -0.1) is 0 Å². The largest absolute Gasteiger partial charge is 0.383 e. The summed E-state index contributed by atoms with van der Waals surface area (Å²) in [6.07, 6.45) is 1.02. The van der Waals surface area contributed by atoms with Gasteiger partial charge in [-0.3, -0.25) is 0 Å². The minimum Gasteiger partial charge on any atom is -0.383 e. The van der Waals surface area contributed by atoms with Gasteiger partial charge < -0.3 is 5.73 Å². The van der Waals surface area contributed by atoms with Gasteiger partial charge in [-0.05, 0) is 25.0 Å². The molecule has 3 heteroatoms. The second kappa shape index (κ2) is 5.39. The first-order chi connectivity index (χ1) is 9.02. The molecule has 1 aromatic heterocycles. The topological polar surface area (TPSA) is 51.8 Å². The van der Waals surface area contributed by atoms with Crippen LogP contribution in [0.2, 0.25) is 0 Å². The molecule has 0 radical (unpaired) electrons. The molecule has 0 saturated carbocycles. The van der Waals surface area contributed by atoms with Crippen molar-refractivity contribution in [1.29, 1.82) is 0 Å². The first kappa shape index (κ1) is 13.5. The maximum atomic E-state index is 6.02. The van der Waals surface area contributed by atoms with E-state index in [-0.39, 0.29) is 5.92 Å². The van der Waals surface area contributed by atoms with Crippen LogP contribution >= 0.6 is 0 Å². The van der Waals surface area contributed by atoms with Crippen molar-refractivity contribution < 1.29 is 0 Å². The number of benzene rings is 1. The monoisotopic (exact) mass is 255 g/mol. The van der Waals surface area contributed by atoms with Crippen LogP contribution in [0.1, 0.15) is 43.6 Å². The number of nitrogens with two attached hydrogens (primary N) is 1. The quantitative estimate of drug-likeness (QED) is 0.909. The third-order valence-corrected chi connectivity index (χ3v) is 3.33. The van der Waals surface area contributed by atoms with Gasteiger partial charge in [0, 0.05) is 17.0 Å². The van der Waals surface area contributed by atoms with Gasteiger partial charge in [0.25, 0.3) is 0 Å². The average Bonchev–Trinajstić information content (AvgIpc) is 2.41. The first-order valence-electron chi connectivity index (χ1n) is 6.76. The van der Waals surface area contributed by atoms with Gasteiger partial charge in [-0.1, -0.05) is 39.0 Å². The highest BCUT2D eigenvalue weighted by atomic mass is 15.0. The van der Waals surface area contributed by atoms with Crippen molar-refractivity contribution in [3.63, 3.8) is 0 Å². The molecule has 0 aliphatic rings. The van der Waals surface area contributed by atoms with E-state index < -0.39 is 0 Å². The molecular weight excluding hydrogens is 234 g/mol. The molecule has 0 fully saturated rings. The summed E-state index contributed by atoms with van der Waals surface area (Å²) in [4.78, 5) is 9.05. The van der Waals surface area contributed by atoms with E-state index in [1.165, 1.54) is 5.56 Å². The number of aromatic nitrogens is 2. The molecule has 3 nitrogen and oxygen atoms in total. The SMILES string of the molecule is CCc1cccc(-c2nc(C(C)C)nc(N)c2C)c1. The van der Waals surface area contributed by atoms with Gasteiger partial charge >= 0.3 is 0 Å². The number of nitrogen functional groups attached to an aromatic ring is 1. The summed E-state index contributed by atoms with van der Waals surface area (Å²) in [6.45, 7) is 8.29.